The van der Waals surface area contributed by atoms with Gasteiger partial charge in [0.25, 0.3) is 0 Å². The number of allylic oxidation sites excluding steroid dienone is 2. The average molecular weight is 422 g/mol. The zero-order valence-electron chi connectivity index (χ0n) is 18.0. The van der Waals surface area contributed by atoms with Crippen LogP contribution < -0.4 is 0 Å². The lowest BCUT2D eigenvalue weighted by atomic mass is 9.53. The first-order valence-electron chi connectivity index (χ1n) is 10.3. The van der Waals surface area contributed by atoms with Crippen LogP contribution in [0.3, 0.4) is 0 Å². The van der Waals surface area contributed by atoms with Gasteiger partial charge in [0.1, 0.15) is 0 Å². The maximum atomic E-state index is 12.5. The van der Waals surface area contributed by atoms with Crippen molar-refractivity contribution in [1.82, 2.24) is 0 Å². The monoisotopic (exact) mass is 422 g/mol. The topological polar surface area (TPSA) is 105 Å². The lowest BCUT2D eigenvalue weighted by Crippen LogP contribution is -2.52. The van der Waals surface area contributed by atoms with Crippen LogP contribution in [0.15, 0.2) is 12.2 Å². The van der Waals surface area contributed by atoms with Crippen molar-refractivity contribution in [3.05, 3.63) is 12.2 Å². The van der Waals surface area contributed by atoms with Crippen LogP contribution in [0.2, 0.25) is 0 Å². The molecule has 3 rings (SSSR count). The van der Waals surface area contributed by atoms with E-state index in [1.807, 2.05) is 12.2 Å². The van der Waals surface area contributed by atoms with Crippen molar-refractivity contribution < 1.29 is 38.1 Å². The lowest BCUT2D eigenvalue weighted by molar-refractivity contribution is -0.179. The van der Waals surface area contributed by atoms with Crippen LogP contribution in [-0.4, -0.2) is 52.3 Å². The Balaban J connectivity index is 1.87. The molecule has 166 valence electrons. The molecule has 4 atom stereocenters. The Morgan fingerprint density at radius 1 is 0.633 bits per heavy atom. The molecule has 30 heavy (non-hydrogen) atoms. The van der Waals surface area contributed by atoms with Gasteiger partial charge in [-0.05, 0) is 62.2 Å². The minimum absolute atomic E-state index is 0.0296. The van der Waals surface area contributed by atoms with Crippen LogP contribution >= 0.6 is 0 Å². The van der Waals surface area contributed by atoms with E-state index in [1.54, 1.807) is 0 Å². The summed E-state index contributed by atoms with van der Waals surface area (Å²) in [6, 6.07) is 0. The van der Waals surface area contributed by atoms with E-state index in [2.05, 4.69) is 0 Å². The summed E-state index contributed by atoms with van der Waals surface area (Å²) in [6.45, 7) is 0. The third kappa shape index (κ3) is 3.30. The molecule has 0 aromatic rings. The van der Waals surface area contributed by atoms with Crippen molar-refractivity contribution in [2.24, 2.45) is 34.5 Å². The highest BCUT2D eigenvalue weighted by molar-refractivity contribution is 6.00. The number of carbonyl (C=O) groups excluding carboxylic acids is 4. The van der Waals surface area contributed by atoms with E-state index in [0.717, 1.165) is 0 Å². The van der Waals surface area contributed by atoms with Gasteiger partial charge in [-0.3, -0.25) is 19.2 Å². The average Bonchev–Trinajstić information content (AvgIpc) is 2.80. The molecule has 0 unspecified atom stereocenters. The summed E-state index contributed by atoms with van der Waals surface area (Å²) in [5.41, 5.74) is -2.56. The van der Waals surface area contributed by atoms with Gasteiger partial charge >= 0.3 is 23.9 Å². The molecule has 0 N–H and O–H groups in total. The van der Waals surface area contributed by atoms with Crippen molar-refractivity contribution in [2.45, 2.75) is 38.5 Å². The normalized spacial score (nSPS) is 30.8. The van der Waals surface area contributed by atoms with E-state index < -0.39 is 34.7 Å². The number of hydrogen-bond donors (Lipinski definition) is 0. The van der Waals surface area contributed by atoms with Gasteiger partial charge in [0, 0.05) is 0 Å². The number of esters is 4. The first-order chi connectivity index (χ1) is 14.3. The fourth-order valence-corrected chi connectivity index (χ4v) is 6.03. The molecular formula is C22H30O8. The minimum Gasteiger partial charge on any atom is -0.468 e. The summed E-state index contributed by atoms with van der Waals surface area (Å²) in [5.74, 6) is -1.63. The van der Waals surface area contributed by atoms with E-state index in [9.17, 15) is 19.2 Å². The van der Waals surface area contributed by atoms with E-state index in [-0.39, 0.29) is 23.7 Å². The Labute approximate surface area is 176 Å². The Morgan fingerprint density at radius 2 is 0.933 bits per heavy atom. The Bertz CT molecular complexity index is 660. The summed E-state index contributed by atoms with van der Waals surface area (Å²) in [6.07, 6.45) is 6.80. The molecule has 0 saturated heterocycles. The second-order valence-corrected chi connectivity index (χ2v) is 8.66. The molecule has 8 heteroatoms. The van der Waals surface area contributed by atoms with Crippen LogP contribution in [0.25, 0.3) is 0 Å². The quantitative estimate of drug-likeness (QED) is 0.293. The van der Waals surface area contributed by atoms with Crippen LogP contribution in [0, 0.1) is 34.5 Å². The van der Waals surface area contributed by atoms with E-state index in [0.29, 0.717) is 38.5 Å². The van der Waals surface area contributed by atoms with Crippen LogP contribution in [0.5, 0.6) is 0 Å². The minimum atomic E-state index is -1.28. The van der Waals surface area contributed by atoms with Gasteiger partial charge in [0.05, 0.1) is 28.4 Å². The molecule has 0 aromatic heterocycles. The Hall–Kier alpha value is -2.38. The molecule has 0 radical (unpaired) electrons. The molecule has 3 aliphatic rings. The number of carbonyl (C=O) groups is 4. The SMILES string of the molecule is COC(=O)C1(C(=O)OC)CC[C@@H]2[C@@H]3CCC(C(=O)OC)(C(=O)OC)C[C@H]3C=C[C@@H]2C1. The molecule has 2 saturated carbocycles. The van der Waals surface area contributed by atoms with Crippen molar-refractivity contribution in [1.29, 1.82) is 0 Å². The third-order valence-corrected chi connectivity index (χ3v) is 7.54. The Morgan fingerprint density at radius 3 is 1.20 bits per heavy atom. The predicted molar refractivity (Wildman–Crippen MR) is 104 cm³/mol. The molecule has 0 bridgehead atoms. The number of methoxy groups -OCH3 is 4. The van der Waals surface area contributed by atoms with Gasteiger partial charge in [-0.1, -0.05) is 12.2 Å². The van der Waals surface area contributed by atoms with E-state index >= 15 is 0 Å². The number of hydrogen-bond acceptors (Lipinski definition) is 8. The summed E-state index contributed by atoms with van der Waals surface area (Å²) in [7, 11) is 5.14. The summed E-state index contributed by atoms with van der Waals surface area (Å²) in [4.78, 5) is 50.0. The molecule has 2 fully saturated rings. The zero-order chi connectivity index (χ0) is 22.1. The van der Waals surface area contributed by atoms with Gasteiger partial charge in [-0.15, -0.1) is 0 Å². The first-order valence-corrected chi connectivity index (χ1v) is 10.3. The standard InChI is InChI=1S/C22H30O8/c1-27-17(23)21(18(24)28-2)9-7-15-13(11-21)5-6-14-12-22(19(25)29-3,20(26)30-4)10-8-16(14)15/h5-6,13-16H,7-12H2,1-4H3/t13-,14-,15-,16+/m1/s1. The highest BCUT2D eigenvalue weighted by atomic mass is 16.6. The fraction of sp³-hybridized carbons (Fsp3) is 0.727. The lowest BCUT2D eigenvalue weighted by Gasteiger charge is -2.50. The Kier molecular flexibility index (Phi) is 6.24. The molecular weight excluding hydrogens is 392 g/mol. The van der Waals surface area contributed by atoms with Crippen molar-refractivity contribution in [3.8, 4) is 0 Å². The van der Waals surface area contributed by atoms with Crippen LogP contribution in [0.4, 0.5) is 0 Å². The highest BCUT2D eigenvalue weighted by Gasteiger charge is 2.59. The van der Waals surface area contributed by atoms with Gasteiger partial charge in [-0.2, -0.15) is 0 Å². The smallest absolute Gasteiger partial charge is 0.323 e. The summed E-state index contributed by atoms with van der Waals surface area (Å²) >= 11 is 0. The van der Waals surface area contributed by atoms with Gasteiger partial charge in [-0.25, -0.2) is 0 Å². The van der Waals surface area contributed by atoms with Crippen LogP contribution in [-0.2, 0) is 38.1 Å². The fourth-order valence-electron chi connectivity index (χ4n) is 6.03. The maximum absolute atomic E-state index is 12.5. The molecule has 0 heterocycles. The first kappa shape index (κ1) is 22.3. The van der Waals surface area contributed by atoms with E-state index in [1.165, 1.54) is 28.4 Å². The number of rotatable bonds is 4. The zero-order valence-corrected chi connectivity index (χ0v) is 18.0. The third-order valence-electron chi connectivity index (χ3n) is 7.54. The molecule has 0 aliphatic heterocycles. The van der Waals surface area contributed by atoms with Crippen molar-refractivity contribution in [2.75, 3.05) is 28.4 Å². The predicted octanol–water partition coefficient (Wildman–Crippen LogP) is 2.05. The van der Waals surface area contributed by atoms with E-state index in [4.69, 9.17) is 18.9 Å². The van der Waals surface area contributed by atoms with Crippen molar-refractivity contribution in [3.63, 3.8) is 0 Å². The second-order valence-electron chi connectivity index (χ2n) is 8.66. The molecule has 0 aromatic carbocycles. The van der Waals surface area contributed by atoms with Gasteiger partial charge < -0.3 is 18.9 Å². The molecule has 8 nitrogen and oxygen atoms in total. The molecule has 0 amide bonds. The highest BCUT2D eigenvalue weighted by Crippen LogP contribution is 2.56. The van der Waals surface area contributed by atoms with Crippen molar-refractivity contribution >= 4 is 23.9 Å². The van der Waals surface area contributed by atoms with Gasteiger partial charge in [0.2, 0.25) is 0 Å². The number of ether oxygens (including phenoxy) is 4. The second kappa shape index (κ2) is 8.40. The molecule has 0 spiro atoms. The maximum Gasteiger partial charge on any atom is 0.323 e. The van der Waals surface area contributed by atoms with Gasteiger partial charge in [0.15, 0.2) is 10.8 Å². The molecule has 3 aliphatic carbocycles. The van der Waals surface area contributed by atoms with Crippen LogP contribution in [0.1, 0.15) is 38.5 Å². The summed E-state index contributed by atoms with van der Waals surface area (Å²) in [5, 5.41) is 0. The summed E-state index contributed by atoms with van der Waals surface area (Å²) < 4.78 is 19.8. The largest absolute Gasteiger partial charge is 0.468 e. The number of fused-ring (bicyclic) bond motifs is 3.